The summed E-state index contributed by atoms with van der Waals surface area (Å²) in [5.74, 6) is 0.304. The average Bonchev–Trinajstić information content (AvgIpc) is 3.17. The van der Waals surface area contributed by atoms with Crippen molar-refractivity contribution in [2.24, 2.45) is 0 Å². The number of esters is 1. The maximum Gasteiger partial charge on any atom is 0.341 e. The van der Waals surface area contributed by atoms with E-state index in [1.165, 1.54) is 16.2 Å². The van der Waals surface area contributed by atoms with Crippen LogP contribution in [0.25, 0.3) is 0 Å². The molecule has 0 spiro atoms. The van der Waals surface area contributed by atoms with Crippen LogP contribution in [-0.2, 0) is 28.8 Å². The molecule has 2 aromatic rings. The predicted octanol–water partition coefficient (Wildman–Crippen LogP) is 3.99. The molecule has 5 nitrogen and oxygen atoms in total. The molecule has 1 amide bonds. The van der Waals surface area contributed by atoms with Crippen LogP contribution in [-0.4, -0.2) is 25.1 Å². The van der Waals surface area contributed by atoms with E-state index in [2.05, 4.69) is 5.32 Å². The standard InChI is InChI=1S/C20H23NO4S/c1-3-24-14-10-8-13(9-11-14)12-17(22)21-19-18(20(23)25-4-2)15-6-5-7-16(15)26-19/h8-11H,3-7,12H2,1-2H3,(H,21,22). The van der Waals surface area contributed by atoms with E-state index in [-0.39, 0.29) is 18.3 Å². The lowest BCUT2D eigenvalue weighted by Gasteiger charge is -2.08. The smallest absolute Gasteiger partial charge is 0.341 e. The topological polar surface area (TPSA) is 64.6 Å². The Kier molecular flexibility index (Phi) is 5.93. The van der Waals surface area contributed by atoms with Gasteiger partial charge in [-0.25, -0.2) is 4.79 Å². The number of amides is 1. The average molecular weight is 373 g/mol. The SMILES string of the molecule is CCOC(=O)c1c(NC(=O)Cc2ccc(OCC)cc2)sc2c1CCC2. The van der Waals surface area contributed by atoms with Crippen LogP contribution in [0, 0.1) is 0 Å². The number of benzene rings is 1. The van der Waals surface area contributed by atoms with E-state index in [1.54, 1.807) is 6.92 Å². The highest BCUT2D eigenvalue weighted by atomic mass is 32.1. The summed E-state index contributed by atoms with van der Waals surface area (Å²) in [6.45, 7) is 4.65. The van der Waals surface area contributed by atoms with E-state index < -0.39 is 0 Å². The second kappa shape index (κ2) is 8.36. The number of thiophene rings is 1. The van der Waals surface area contributed by atoms with Crippen molar-refractivity contribution in [2.75, 3.05) is 18.5 Å². The second-order valence-electron chi connectivity index (χ2n) is 6.08. The van der Waals surface area contributed by atoms with Crippen molar-refractivity contribution in [1.82, 2.24) is 0 Å². The largest absolute Gasteiger partial charge is 0.494 e. The van der Waals surface area contributed by atoms with Gasteiger partial charge in [-0.3, -0.25) is 4.79 Å². The maximum absolute atomic E-state index is 12.5. The zero-order valence-electron chi connectivity index (χ0n) is 15.1. The van der Waals surface area contributed by atoms with Crippen LogP contribution in [0.4, 0.5) is 5.00 Å². The normalized spacial score (nSPS) is 12.5. The molecule has 1 heterocycles. The van der Waals surface area contributed by atoms with Crippen molar-refractivity contribution >= 4 is 28.2 Å². The lowest BCUT2D eigenvalue weighted by molar-refractivity contribution is -0.115. The van der Waals surface area contributed by atoms with Gasteiger partial charge < -0.3 is 14.8 Å². The molecule has 0 radical (unpaired) electrons. The number of carbonyl (C=O) groups is 2. The van der Waals surface area contributed by atoms with Gasteiger partial charge in [-0.1, -0.05) is 12.1 Å². The molecule has 138 valence electrons. The van der Waals surface area contributed by atoms with Crippen molar-refractivity contribution in [3.63, 3.8) is 0 Å². The van der Waals surface area contributed by atoms with Crippen LogP contribution in [0.1, 0.15) is 46.6 Å². The molecule has 0 atom stereocenters. The summed E-state index contributed by atoms with van der Waals surface area (Å²) in [4.78, 5) is 26.0. The Hall–Kier alpha value is -2.34. The Morgan fingerprint density at radius 1 is 1.12 bits per heavy atom. The van der Waals surface area contributed by atoms with Crippen LogP contribution in [0.5, 0.6) is 5.75 Å². The van der Waals surface area contributed by atoms with Crippen LogP contribution >= 0.6 is 11.3 Å². The first-order valence-corrected chi connectivity index (χ1v) is 9.77. The van der Waals surface area contributed by atoms with Crippen molar-refractivity contribution in [2.45, 2.75) is 39.5 Å². The third-order valence-electron chi connectivity index (χ3n) is 4.25. The summed E-state index contributed by atoms with van der Waals surface area (Å²) >= 11 is 1.50. The molecule has 0 unspecified atom stereocenters. The lowest BCUT2D eigenvalue weighted by Crippen LogP contribution is -2.16. The second-order valence-corrected chi connectivity index (χ2v) is 7.19. The molecule has 26 heavy (non-hydrogen) atoms. The molecule has 0 fully saturated rings. The van der Waals surface area contributed by atoms with Crippen molar-refractivity contribution in [1.29, 1.82) is 0 Å². The molecular weight excluding hydrogens is 350 g/mol. The van der Waals surface area contributed by atoms with Gasteiger partial charge in [0.15, 0.2) is 0 Å². The van der Waals surface area contributed by atoms with E-state index >= 15 is 0 Å². The van der Waals surface area contributed by atoms with E-state index in [4.69, 9.17) is 9.47 Å². The predicted molar refractivity (Wildman–Crippen MR) is 102 cm³/mol. The van der Waals surface area contributed by atoms with Gasteiger partial charge in [-0.15, -0.1) is 11.3 Å². The minimum absolute atomic E-state index is 0.139. The van der Waals surface area contributed by atoms with Gasteiger partial charge in [0.1, 0.15) is 10.8 Å². The van der Waals surface area contributed by atoms with Crippen LogP contribution in [0.3, 0.4) is 0 Å². The number of hydrogen-bond acceptors (Lipinski definition) is 5. The number of hydrogen-bond donors (Lipinski definition) is 1. The fourth-order valence-corrected chi connectivity index (χ4v) is 4.43. The van der Waals surface area contributed by atoms with Gasteiger partial charge in [0.25, 0.3) is 0 Å². The fraction of sp³-hybridized carbons (Fsp3) is 0.400. The molecule has 3 rings (SSSR count). The molecule has 0 saturated heterocycles. The molecule has 0 aliphatic heterocycles. The number of aryl methyl sites for hydroxylation is 1. The molecule has 6 heteroatoms. The number of ether oxygens (including phenoxy) is 2. The van der Waals surface area contributed by atoms with Crippen LogP contribution in [0.2, 0.25) is 0 Å². The van der Waals surface area contributed by atoms with Crippen molar-refractivity contribution < 1.29 is 19.1 Å². The highest BCUT2D eigenvalue weighted by Gasteiger charge is 2.28. The number of rotatable bonds is 7. The number of nitrogens with one attached hydrogen (secondary N) is 1. The molecule has 1 aromatic carbocycles. The van der Waals surface area contributed by atoms with Crippen molar-refractivity contribution in [3.05, 3.63) is 45.8 Å². The van der Waals surface area contributed by atoms with E-state index in [0.717, 1.165) is 36.1 Å². The van der Waals surface area contributed by atoms with E-state index in [0.29, 0.717) is 23.8 Å². The third kappa shape index (κ3) is 4.07. The molecular formula is C20H23NO4S. The van der Waals surface area contributed by atoms with E-state index in [1.807, 2.05) is 31.2 Å². The Morgan fingerprint density at radius 3 is 2.58 bits per heavy atom. The molecule has 1 aliphatic rings. The zero-order chi connectivity index (χ0) is 18.5. The Labute approximate surface area is 157 Å². The maximum atomic E-state index is 12.5. The summed E-state index contributed by atoms with van der Waals surface area (Å²) in [6.07, 6.45) is 3.13. The van der Waals surface area contributed by atoms with Gasteiger partial charge in [0, 0.05) is 4.88 Å². The summed E-state index contributed by atoms with van der Waals surface area (Å²) in [6, 6.07) is 7.47. The number of carbonyl (C=O) groups excluding carboxylic acids is 2. The lowest BCUT2D eigenvalue weighted by atomic mass is 10.1. The highest BCUT2D eigenvalue weighted by Crippen LogP contribution is 2.39. The Balaban J connectivity index is 1.72. The summed E-state index contributed by atoms with van der Waals surface area (Å²) in [7, 11) is 0. The fourth-order valence-electron chi connectivity index (χ4n) is 3.14. The minimum Gasteiger partial charge on any atom is -0.494 e. The first kappa shape index (κ1) is 18.5. The molecule has 1 aliphatic carbocycles. The Morgan fingerprint density at radius 2 is 1.88 bits per heavy atom. The molecule has 1 N–H and O–H groups in total. The number of anilines is 1. The van der Waals surface area contributed by atoms with Gasteiger partial charge in [0.05, 0.1) is 25.2 Å². The molecule has 1 aromatic heterocycles. The van der Waals surface area contributed by atoms with Crippen LogP contribution in [0.15, 0.2) is 24.3 Å². The zero-order valence-corrected chi connectivity index (χ0v) is 15.9. The van der Waals surface area contributed by atoms with Gasteiger partial charge in [-0.05, 0) is 56.4 Å². The summed E-state index contributed by atoms with van der Waals surface area (Å²) in [5.41, 5.74) is 2.49. The number of fused-ring (bicyclic) bond motifs is 1. The monoisotopic (exact) mass is 373 g/mol. The summed E-state index contributed by atoms with van der Waals surface area (Å²) in [5, 5.41) is 3.53. The van der Waals surface area contributed by atoms with Gasteiger partial charge in [-0.2, -0.15) is 0 Å². The summed E-state index contributed by atoms with van der Waals surface area (Å²) < 4.78 is 10.6. The third-order valence-corrected chi connectivity index (χ3v) is 5.46. The Bertz CT molecular complexity index is 795. The molecule has 0 saturated carbocycles. The minimum atomic E-state index is -0.344. The first-order valence-electron chi connectivity index (χ1n) is 8.95. The van der Waals surface area contributed by atoms with Gasteiger partial charge >= 0.3 is 5.97 Å². The van der Waals surface area contributed by atoms with Crippen LogP contribution < -0.4 is 10.1 Å². The molecule has 0 bridgehead atoms. The van der Waals surface area contributed by atoms with Gasteiger partial charge in [0.2, 0.25) is 5.91 Å². The first-order chi connectivity index (χ1) is 12.6. The van der Waals surface area contributed by atoms with Crippen molar-refractivity contribution in [3.8, 4) is 5.75 Å². The highest BCUT2D eigenvalue weighted by molar-refractivity contribution is 7.17. The van der Waals surface area contributed by atoms with E-state index in [9.17, 15) is 9.59 Å². The quantitative estimate of drug-likeness (QED) is 0.745.